The molecule has 0 amide bonds. The third kappa shape index (κ3) is 4.97. The fourth-order valence-electron chi connectivity index (χ4n) is 3.37. The highest BCUT2D eigenvalue weighted by Crippen LogP contribution is 2.38. The molecule has 2 aliphatic rings. The Morgan fingerprint density at radius 1 is 1.28 bits per heavy atom. The van der Waals surface area contributed by atoms with Crippen molar-refractivity contribution in [3.63, 3.8) is 0 Å². The first-order chi connectivity index (χ1) is 14.9. The van der Waals surface area contributed by atoms with Crippen molar-refractivity contribution in [3.8, 4) is 0 Å². The van der Waals surface area contributed by atoms with Gasteiger partial charge in [-0.15, -0.1) is 0 Å². The largest absolute Gasteiger partial charge is 0.473 e. The number of nitrogens with zero attached hydrogens (tertiary/aromatic N) is 3. The van der Waals surface area contributed by atoms with E-state index in [1.54, 1.807) is 0 Å². The van der Waals surface area contributed by atoms with Gasteiger partial charge in [-0.2, -0.15) is 4.57 Å². The van der Waals surface area contributed by atoms with Crippen LogP contribution in [0.3, 0.4) is 0 Å². The van der Waals surface area contributed by atoms with E-state index in [0.717, 1.165) is 6.42 Å². The van der Waals surface area contributed by atoms with Gasteiger partial charge in [-0.05, 0) is 30.6 Å². The van der Waals surface area contributed by atoms with Crippen LogP contribution in [0.2, 0.25) is 18.1 Å². The molecule has 0 radical (unpaired) electrons. The molecular formula is C22H33N3O6Si. The molecule has 1 saturated heterocycles. The summed E-state index contributed by atoms with van der Waals surface area (Å²) in [7, 11) is -0.131. The molecule has 0 bridgehead atoms. The molecule has 1 fully saturated rings. The molecule has 1 aromatic rings. The van der Waals surface area contributed by atoms with E-state index < -0.39 is 31.9 Å². The predicted molar refractivity (Wildman–Crippen MR) is 123 cm³/mol. The van der Waals surface area contributed by atoms with Gasteiger partial charge in [0, 0.05) is 31.9 Å². The Kier molecular flexibility index (Phi) is 6.96. The molecule has 3 heterocycles. The van der Waals surface area contributed by atoms with Crippen LogP contribution in [0, 0.1) is 0 Å². The summed E-state index contributed by atoms with van der Waals surface area (Å²) < 4.78 is 20.7. The number of hydrogen-bond acceptors (Lipinski definition) is 7. The minimum absolute atomic E-state index is 0.0364. The second kappa shape index (κ2) is 9.20. The highest BCUT2D eigenvalue weighted by Gasteiger charge is 2.43. The van der Waals surface area contributed by atoms with Crippen molar-refractivity contribution >= 4 is 14.7 Å². The van der Waals surface area contributed by atoms with E-state index in [0.29, 0.717) is 23.5 Å². The number of aromatic nitrogens is 2. The standard InChI is InChI=1S/C22H33N3O6Si/c1-22(2,3)32(5,6)29-14-17-16(30-19-9-7-8-11-23(19)4)13-20(31-17)24-12-10-18(27)25(15-26)21(24)28/h8-12,15-17,20H,7,13-14H2,1-6H3/t16-,17+,20+/m0/s1. The number of rotatable bonds is 7. The Balaban J connectivity index is 1.85. The third-order valence-electron chi connectivity index (χ3n) is 6.43. The Hall–Kier alpha value is -2.43. The third-order valence-corrected chi connectivity index (χ3v) is 10.9. The summed E-state index contributed by atoms with van der Waals surface area (Å²) >= 11 is 0. The number of carbonyl (C=O) groups is 1. The van der Waals surface area contributed by atoms with Crippen molar-refractivity contribution in [2.24, 2.45) is 0 Å². The second-order valence-corrected chi connectivity index (χ2v) is 14.5. The summed E-state index contributed by atoms with van der Waals surface area (Å²) in [6, 6.07) is 1.18. The van der Waals surface area contributed by atoms with Gasteiger partial charge in [0.2, 0.25) is 6.41 Å². The summed E-state index contributed by atoms with van der Waals surface area (Å²) in [5.41, 5.74) is -1.41. The molecule has 32 heavy (non-hydrogen) atoms. The molecule has 3 atom stereocenters. The van der Waals surface area contributed by atoms with E-state index >= 15 is 0 Å². The minimum Gasteiger partial charge on any atom is -0.473 e. The maximum Gasteiger partial charge on any atom is 0.339 e. The first kappa shape index (κ1) is 24.2. The molecule has 0 unspecified atom stereocenters. The first-order valence-corrected chi connectivity index (χ1v) is 13.7. The molecule has 2 aliphatic heterocycles. The van der Waals surface area contributed by atoms with Crippen molar-refractivity contribution in [1.29, 1.82) is 0 Å². The van der Waals surface area contributed by atoms with Gasteiger partial charge in [-0.25, -0.2) is 4.79 Å². The number of allylic oxidation sites excluding steroid dienone is 2. The smallest absolute Gasteiger partial charge is 0.339 e. The van der Waals surface area contributed by atoms with Gasteiger partial charge in [0.1, 0.15) is 18.4 Å². The average Bonchev–Trinajstić information content (AvgIpc) is 3.10. The van der Waals surface area contributed by atoms with Crippen LogP contribution in [0.4, 0.5) is 0 Å². The topological polar surface area (TPSA) is 92.0 Å². The molecule has 10 heteroatoms. The molecule has 3 rings (SSSR count). The maximum absolute atomic E-state index is 12.6. The Morgan fingerprint density at radius 2 is 2.00 bits per heavy atom. The fraction of sp³-hybridized carbons (Fsp3) is 0.591. The molecule has 0 N–H and O–H groups in total. The first-order valence-electron chi connectivity index (χ1n) is 10.8. The van der Waals surface area contributed by atoms with Gasteiger partial charge in [0.05, 0.1) is 6.61 Å². The van der Waals surface area contributed by atoms with E-state index in [9.17, 15) is 14.4 Å². The molecule has 0 aliphatic carbocycles. The highest BCUT2D eigenvalue weighted by atomic mass is 28.4. The van der Waals surface area contributed by atoms with Crippen molar-refractivity contribution in [2.75, 3.05) is 13.7 Å². The second-order valence-electron chi connectivity index (χ2n) is 9.69. The molecule has 0 saturated carbocycles. The van der Waals surface area contributed by atoms with Gasteiger partial charge in [0.15, 0.2) is 14.2 Å². The molecule has 9 nitrogen and oxygen atoms in total. The van der Waals surface area contributed by atoms with E-state index in [2.05, 4.69) is 33.9 Å². The predicted octanol–water partition coefficient (Wildman–Crippen LogP) is 2.43. The van der Waals surface area contributed by atoms with Crippen LogP contribution < -0.4 is 11.2 Å². The zero-order chi connectivity index (χ0) is 23.7. The van der Waals surface area contributed by atoms with Crippen LogP contribution in [0.25, 0.3) is 0 Å². The van der Waals surface area contributed by atoms with Gasteiger partial charge in [0.25, 0.3) is 5.56 Å². The average molecular weight is 464 g/mol. The Labute approximate surface area is 189 Å². The summed E-state index contributed by atoms with van der Waals surface area (Å²) in [5.74, 6) is 0.712. The zero-order valence-corrected chi connectivity index (χ0v) is 20.6. The molecule has 0 aromatic carbocycles. The number of carbonyl (C=O) groups excluding carboxylic acids is 1. The summed E-state index contributed by atoms with van der Waals surface area (Å²) in [6.45, 7) is 11.2. The van der Waals surface area contributed by atoms with Crippen LogP contribution in [0.15, 0.2) is 46.1 Å². The van der Waals surface area contributed by atoms with Crippen molar-refractivity contribution in [2.45, 2.75) is 70.2 Å². The zero-order valence-electron chi connectivity index (χ0n) is 19.6. The van der Waals surface area contributed by atoms with Gasteiger partial charge in [-0.3, -0.25) is 14.2 Å². The number of ether oxygens (including phenoxy) is 2. The van der Waals surface area contributed by atoms with Gasteiger partial charge < -0.3 is 18.8 Å². The summed E-state index contributed by atoms with van der Waals surface area (Å²) in [6.07, 6.45) is 7.20. The van der Waals surface area contributed by atoms with Gasteiger partial charge in [-0.1, -0.05) is 26.8 Å². The summed E-state index contributed by atoms with van der Waals surface area (Å²) in [4.78, 5) is 37.5. The lowest BCUT2D eigenvalue weighted by Gasteiger charge is -2.37. The van der Waals surface area contributed by atoms with E-state index in [4.69, 9.17) is 13.9 Å². The van der Waals surface area contributed by atoms with Gasteiger partial charge >= 0.3 is 5.69 Å². The molecular weight excluding hydrogens is 430 g/mol. The van der Waals surface area contributed by atoms with E-state index in [1.165, 1.54) is 16.8 Å². The Bertz CT molecular complexity index is 1020. The maximum atomic E-state index is 12.6. The summed E-state index contributed by atoms with van der Waals surface area (Å²) in [5, 5.41) is 0.0364. The minimum atomic E-state index is -2.03. The van der Waals surface area contributed by atoms with Crippen molar-refractivity contribution in [3.05, 3.63) is 57.3 Å². The molecule has 176 valence electrons. The molecule has 1 aromatic heterocycles. The number of hydrogen-bond donors (Lipinski definition) is 0. The van der Waals surface area contributed by atoms with Crippen LogP contribution in [-0.4, -0.2) is 54.6 Å². The quantitative estimate of drug-likeness (QED) is 0.453. The van der Waals surface area contributed by atoms with Crippen molar-refractivity contribution < 1.29 is 18.7 Å². The normalized spacial score (nSPS) is 23.9. The van der Waals surface area contributed by atoms with Crippen LogP contribution in [0.1, 0.15) is 39.8 Å². The SMILES string of the molecule is CN1C=CCC=C1O[C@H]1C[C@H](n2ccc(=O)n(C=O)c2=O)O[C@@H]1CO[Si](C)(C)C(C)(C)C. The van der Waals surface area contributed by atoms with Crippen LogP contribution in [-0.2, 0) is 18.7 Å². The lowest BCUT2D eigenvalue weighted by molar-refractivity contribution is -0.0542. The van der Waals surface area contributed by atoms with Crippen molar-refractivity contribution in [1.82, 2.24) is 14.0 Å². The lowest BCUT2D eigenvalue weighted by atomic mass is 10.2. The van der Waals surface area contributed by atoms with Crippen LogP contribution in [0.5, 0.6) is 0 Å². The Morgan fingerprint density at radius 3 is 2.62 bits per heavy atom. The van der Waals surface area contributed by atoms with Crippen LogP contribution >= 0.6 is 0 Å². The highest BCUT2D eigenvalue weighted by molar-refractivity contribution is 6.74. The fourth-order valence-corrected chi connectivity index (χ4v) is 4.38. The molecule has 0 spiro atoms. The van der Waals surface area contributed by atoms with E-state index in [-0.39, 0.29) is 17.6 Å². The lowest BCUT2D eigenvalue weighted by Crippen LogP contribution is -2.44. The monoisotopic (exact) mass is 463 g/mol. The van der Waals surface area contributed by atoms with E-state index in [1.807, 2.05) is 30.3 Å².